The standard InChI is InChI=1S/C21H21N5O3/c1-4-9-26-18-8-7-14(10-17(18)23-21(26)28)19-24-20(29-25-19)15-6-5-12(2)16(11-15)22-13(3)27/h5-8,10-11H,4,9H2,1-3H3,(H,22,27)(H,23,28). The highest BCUT2D eigenvalue weighted by Crippen LogP contribution is 2.27. The van der Waals surface area contributed by atoms with Gasteiger partial charge in [-0.25, -0.2) is 4.79 Å². The van der Waals surface area contributed by atoms with Gasteiger partial charge in [-0.1, -0.05) is 18.1 Å². The van der Waals surface area contributed by atoms with E-state index in [0.29, 0.717) is 29.5 Å². The van der Waals surface area contributed by atoms with Crippen LogP contribution in [0.4, 0.5) is 5.69 Å². The summed E-state index contributed by atoms with van der Waals surface area (Å²) in [7, 11) is 0. The van der Waals surface area contributed by atoms with Crippen LogP contribution in [0.25, 0.3) is 33.9 Å². The SMILES string of the molecule is CCCn1c(=O)[nH]c2cc(-c3noc(-c4ccc(C)c(NC(C)=O)c4)n3)ccc21. The second-order valence-electron chi connectivity index (χ2n) is 6.95. The van der Waals surface area contributed by atoms with Gasteiger partial charge in [0.05, 0.1) is 11.0 Å². The number of aryl methyl sites for hydroxylation is 2. The molecule has 2 N–H and O–H groups in total. The Bertz CT molecular complexity index is 1270. The van der Waals surface area contributed by atoms with Crippen LogP contribution in [0, 0.1) is 6.92 Å². The molecule has 8 heteroatoms. The molecule has 2 aromatic carbocycles. The summed E-state index contributed by atoms with van der Waals surface area (Å²) in [6, 6.07) is 11.2. The fraction of sp³-hybridized carbons (Fsp3) is 0.238. The predicted octanol–water partition coefficient (Wildman–Crippen LogP) is 3.72. The second-order valence-corrected chi connectivity index (χ2v) is 6.95. The minimum Gasteiger partial charge on any atom is -0.334 e. The van der Waals surface area contributed by atoms with Crippen molar-refractivity contribution >= 4 is 22.6 Å². The average Bonchev–Trinajstić information content (AvgIpc) is 3.28. The highest BCUT2D eigenvalue weighted by molar-refractivity contribution is 5.90. The molecule has 0 bridgehead atoms. The third-order valence-corrected chi connectivity index (χ3v) is 4.70. The molecule has 0 aliphatic heterocycles. The topological polar surface area (TPSA) is 106 Å². The van der Waals surface area contributed by atoms with Crippen LogP contribution in [-0.4, -0.2) is 25.6 Å². The van der Waals surface area contributed by atoms with Gasteiger partial charge in [-0.15, -0.1) is 0 Å². The summed E-state index contributed by atoms with van der Waals surface area (Å²) in [6.45, 7) is 6.07. The lowest BCUT2D eigenvalue weighted by Gasteiger charge is -2.07. The molecule has 1 amide bonds. The summed E-state index contributed by atoms with van der Waals surface area (Å²) in [5, 5.41) is 6.87. The normalized spacial score (nSPS) is 11.1. The van der Waals surface area contributed by atoms with Crippen LogP contribution in [0.1, 0.15) is 25.8 Å². The van der Waals surface area contributed by atoms with Crippen LogP contribution in [-0.2, 0) is 11.3 Å². The van der Waals surface area contributed by atoms with Gasteiger partial charge >= 0.3 is 5.69 Å². The van der Waals surface area contributed by atoms with Crippen molar-refractivity contribution in [1.29, 1.82) is 0 Å². The van der Waals surface area contributed by atoms with Crippen LogP contribution in [0.5, 0.6) is 0 Å². The molecule has 0 aliphatic rings. The lowest BCUT2D eigenvalue weighted by Crippen LogP contribution is -2.16. The lowest BCUT2D eigenvalue weighted by molar-refractivity contribution is -0.114. The summed E-state index contributed by atoms with van der Waals surface area (Å²) < 4.78 is 7.15. The first-order valence-electron chi connectivity index (χ1n) is 9.41. The Hall–Kier alpha value is -3.68. The first kappa shape index (κ1) is 18.7. The number of aromatic nitrogens is 4. The molecule has 0 saturated carbocycles. The number of aromatic amines is 1. The summed E-state index contributed by atoms with van der Waals surface area (Å²) in [5.74, 6) is 0.630. The van der Waals surface area contributed by atoms with Gasteiger partial charge in [0.2, 0.25) is 11.7 Å². The number of H-pyrrole nitrogens is 1. The Morgan fingerprint density at radius 2 is 2.00 bits per heavy atom. The van der Waals surface area contributed by atoms with Gasteiger partial charge < -0.3 is 14.8 Å². The van der Waals surface area contributed by atoms with Crippen LogP contribution >= 0.6 is 0 Å². The number of carbonyl (C=O) groups is 1. The number of fused-ring (bicyclic) bond motifs is 1. The highest BCUT2D eigenvalue weighted by atomic mass is 16.5. The Balaban J connectivity index is 1.69. The summed E-state index contributed by atoms with van der Waals surface area (Å²) >= 11 is 0. The van der Waals surface area contributed by atoms with E-state index in [-0.39, 0.29) is 11.6 Å². The van der Waals surface area contributed by atoms with Gasteiger partial charge in [-0.2, -0.15) is 4.98 Å². The number of rotatable bonds is 5. The van der Waals surface area contributed by atoms with Crippen molar-refractivity contribution < 1.29 is 9.32 Å². The van der Waals surface area contributed by atoms with Gasteiger partial charge in [0, 0.05) is 30.3 Å². The van der Waals surface area contributed by atoms with Gasteiger partial charge in [0.25, 0.3) is 5.89 Å². The van der Waals surface area contributed by atoms with E-state index < -0.39 is 0 Å². The number of anilines is 1. The number of nitrogens with zero attached hydrogens (tertiary/aromatic N) is 3. The summed E-state index contributed by atoms with van der Waals surface area (Å²) in [6.07, 6.45) is 0.875. The van der Waals surface area contributed by atoms with Crippen LogP contribution < -0.4 is 11.0 Å². The molecular formula is C21H21N5O3. The van der Waals surface area contributed by atoms with Crippen molar-refractivity contribution in [2.45, 2.75) is 33.7 Å². The van der Waals surface area contributed by atoms with E-state index in [1.165, 1.54) is 6.92 Å². The Morgan fingerprint density at radius 1 is 1.21 bits per heavy atom. The first-order valence-corrected chi connectivity index (χ1v) is 9.41. The molecule has 2 heterocycles. The zero-order valence-electron chi connectivity index (χ0n) is 16.4. The Kier molecular flexibility index (Phi) is 4.75. The average molecular weight is 391 g/mol. The van der Waals surface area contributed by atoms with Gasteiger partial charge in [-0.3, -0.25) is 9.36 Å². The molecule has 29 heavy (non-hydrogen) atoms. The Labute approximate surface area is 166 Å². The molecule has 0 saturated heterocycles. The smallest absolute Gasteiger partial charge is 0.326 e. The van der Waals surface area contributed by atoms with E-state index in [4.69, 9.17) is 4.52 Å². The molecule has 0 fully saturated rings. The number of imidazole rings is 1. The Morgan fingerprint density at radius 3 is 2.76 bits per heavy atom. The van der Waals surface area contributed by atoms with Crippen LogP contribution in [0.3, 0.4) is 0 Å². The van der Waals surface area contributed by atoms with Gasteiger partial charge in [-0.05, 0) is 49.2 Å². The summed E-state index contributed by atoms with van der Waals surface area (Å²) in [4.78, 5) is 30.9. The van der Waals surface area contributed by atoms with Crippen molar-refractivity contribution in [3.05, 3.63) is 52.4 Å². The number of hydrogen-bond donors (Lipinski definition) is 2. The fourth-order valence-corrected chi connectivity index (χ4v) is 3.29. The van der Waals surface area contributed by atoms with Crippen LogP contribution in [0.2, 0.25) is 0 Å². The number of benzene rings is 2. The second kappa shape index (κ2) is 7.38. The van der Waals surface area contributed by atoms with Crippen molar-refractivity contribution in [1.82, 2.24) is 19.7 Å². The minimum atomic E-state index is -0.145. The predicted molar refractivity (Wildman–Crippen MR) is 111 cm³/mol. The zero-order valence-corrected chi connectivity index (χ0v) is 16.4. The number of hydrogen-bond acceptors (Lipinski definition) is 5. The number of amides is 1. The monoisotopic (exact) mass is 391 g/mol. The number of carbonyl (C=O) groups excluding carboxylic acids is 1. The van der Waals surface area contributed by atoms with E-state index in [1.54, 1.807) is 10.6 Å². The first-order chi connectivity index (χ1) is 14.0. The molecular weight excluding hydrogens is 370 g/mol. The molecule has 0 unspecified atom stereocenters. The molecule has 8 nitrogen and oxygen atoms in total. The van der Waals surface area contributed by atoms with E-state index >= 15 is 0 Å². The molecule has 4 aromatic rings. The van der Waals surface area contributed by atoms with Gasteiger partial charge in [0.15, 0.2) is 0 Å². The van der Waals surface area contributed by atoms with Crippen LogP contribution in [0.15, 0.2) is 45.7 Å². The quantitative estimate of drug-likeness (QED) is 0.539. The zero-order chi connectivity index (χ0) is 20.5. The molecule has 4 rings (SSSR count). The molecule has 2 aromatic heterocycles. The highest BCUT2D eigenvalue weighted by Gasteiger charge is 2.14. The van der Waals surface area contributed by atoms with Crippen molar-refractivity contribution in [3.8, 4) is 22.8 Å². The van der Waals surface area contributed by atoms with E-state index in [2.05, 4.69) is 20.4 Å². The molecule has 0 aliphatic carbocycles. The van der Waals surface area contributed by atoms with Crippen molar-refractivity contribution in [2.75, 3.05) is 5.32 Å². The van der Waals surface area contributed by atoms with Gasteiger partial charge in [0.1, 0.15) is 0 Å². The summed E-state index contributed by atoms with van der Waals surface area (Å²) in [5.41, 5.74) is 4.55. The molecule has 148 valence electrons. The maximum atomic E-state index is 12.1. The third kappa shape index (κ3) is 3.56. The maximum absolute atomic E-state index is 12.1. The van der Waals surface area contributed by atoms with Crippen molar-refractivity contribution in [3.63, 3.8) is 0 Å². The molecule has 0 atom stereocenters. The minimum absolute atomic E-state index is 0.127. The fourth-order valence-electron chi connectivity index (χ4n) is 3.29. The van der Waals surface area contributed by atoms with E-state index in [1.807, 2.05) is 44.2 Å². The molecule has 0 radical (unpaired) electrons. The van der Waals surface area contributed by atoms with E-state index in [9.17, 15) is 9.59 Å². The lowest BCUT2D eigenvalue weighted by atomic mass is 10.1. The van der Waals surface area contributed by atoms with Crippen molar-refractivity contribution in [2.24, 2.45) is 0 Å². The van der Waals surface area contributed by atoms with E-state index in [0.717, 1.165) is 28.6 Å². The number of nitrogens with one attached hydrogen (secondary N) is 2. The largest absolute Gasteiger partial charge is 0.334 e. The maximum Gasteiger partial charge on any atom is 0.326 e. The third-order valence-electron chi connectivity index (χ3n) is 4.70. The molecule has 0 spiro atoms.